The third-order valence-electron chi connectivity index (χ3n) is 4.63. The first-order chi connectivity index (χ1) is 11.5. The number of nitrogens with two attached hydrogens (primary N) is 1. The van der Waals surface area contributed by atoms with Crippen LogP contribution in [0, 0.1) is 10.8 Å². The van der Waals surface area contributed by atoms with Crippen molar-refractivity contribution in [2.75, 3.05) is 5.32 Å². The molecule has 0 unspecified atom stereocenters. The number of nitrogens with one attached hydrogen (secondary N) is 2. The van der Waals surface area contributed by atoms with Crippen molar-refractivity contribution in [1.82, 2.24) is 4.98 Å². The molecule has 0 saturated heterocycles. The van der Waals surface area contributed by atoms with Gasteiger partial charge in [0.15, 0.2) is 0 Å². The van der Waals surface area contributed by atoms with Gasteiger partial charge in [-0.25, -0.2) is 4.98 Å². The molecule has 1 aliphatic carbocycles. The van der Waals surface area contributed by atoms with E-state index in [0.717, 1.165) is 34.8 Å². The highest BCUT2D eigenvalue weighted by atomic mass is 16.2. The molecule has 0 spiro atoms. The fourth-order valence-corrected chi connectivity index (χ4v) is 2.83. The lowest BCUT2D eigenvalue weighted by Crippen LogP contribution is -2.25. The summed E-state index contributed by atoms with van der Waals surface area (Å²) in [5, 5.41) is 12.2. The van der Waals surface area contributed by atoms with Crippen molar-refractivity contribution in [2.45, 2.75) is 19.8 Å². The Balaban J connectivity index is 1.91. The molecule has 1 heterocycles. The number of fused-ring (bicyclic) bond motifs is 1. The highest BCUT2D eigenvalue weighted by Gasteiger charge is 2.50. The van der Waals surface area contributed by atoms with Crippen molar-refractivity contribution >= 4 is 34.3 Å². The van der Waals surface area contributed by atoms with Gasteiger partial charge in [0.2, 0.25) is 5.91 Å². The molecule has 0 aliphatic heterocycles. The smallest absolute Gasteiger partial charge is 0.235 e. The highest BCUT2D eigenvalue weighted by molar-refractivity contribution is 6.09. The van der Waals surface area contributed by atoms with Crippen LogP contribution in [0.3, 0.4) is 0 Å². The second-order valence-corrected chi connectivity index (χ2v) is 6.21. The largest absolute Gasteiger partial charge is 0.404 e. The van der Waals surface area contributed by atoms with E-state index in [2.05, 4.69) is 16.9 Å². The van der Waals surface area contributed by atoms with E-state index in [1.54, 1.807) is 6.20 Å². The molecule has 24 heavy (non-hydrogen) atoms. The fourth-order valence-electron chi connectivity index (χ4n) is 2.83. The first kappa shape index (κ1) is 15.9. The predicted molar refractivity (Wildman–Crippen MR) is 97.8 cm³/mol. The molecule has 1 aromatic heterocycles. The van der Waals surface area contributed by atoms with Crippen LogP contribution in [0.2, 0.25) is 0 Å². The third kappa shape index (κ3) is 2.69. The molecule has 3 rings (SSSR count). The minimum atomic E-state index is -0.422. The zero-order chi connectivity index (χ0) is 17.3. The monoisotopic (exact) mass is 320 g/mol. The van der Waals surface area contributed by atoms with E-state index in [0.29, 0.717) is 11.4 Å². The zero-order valence-corrected chi connectivity index (χ0v) is 13.6. The molecule has 1 fully saturated rings. The maximum atomic E-state index is 12.5. The number of amides is 1. The number of pyridine rings is 1. The summed E-state index contributed by atoms with van der Waals surface area (Å²) in [5.41, 5.74) is 7.51. The lowest BCUT2D eigenvalue weighted by atomic mass is 9.98. The van der Waals surface area contributed by atoms with Gasteiger partial charge >= 0.3 is 0 Å². The number of anilines is 1. The molecule has 122 valence electrons. The zero-order valence-electron chi connectivity index (χ0n) is 13.6. The number of carbonyl (C=O) groups is 1. The lowest BCUT2D eigenvalue weighted by molar-refractivity contribution is -0.119. The van der Waals surface area contributed by atoms with Gasteiger partial charge in [0.05, 0.1) is 5.41 Å². The van der Waals surface area contributed by atoms with Gasteiger partial charge < -0.3 is 16.5 Å². The van der Waals surface area contributed by atoms with Crippen LogP contribution in [0.15, 0.2) is 48.8 Å². The standard InChI is InChI=1S/C19H20N4O/c1-12(2)19(5-6-19)18(24)23-17-8-15-7-13(16(9-20)10-21)3-4-14(15)11-22-17/h3-4,7-11,20H,1,5-6,21H2,2H3,(H,22,23,24)/b16-10+,20-9?. The minimum Gasteiger partial charge on any atom is -0.404 e. The second kappa shape index (κ2) is 5.92. The lowest BCUT2D eigenvalue weighted by Gasteiger charge is -2.15. The van der Waals surface area contributed by atoms with E-state index >= 15 is 0 Å². The number of benzene rings is 1. The van der Waals surface area contributed by atoms with Gasteiger partial charge in [0, 0.05) is 29.6 Å². The van der Waals surface area contributed by atoms with Crippen molar-refractivity contribution < 1.29 is 4.79 Å². The molecular formula is C19H20N4O. The Morgan fingerprint density at radius 3 is 2.71 bits per heavy atom. The van der Waals surface area contributed by atoms with E-state index in [1.807, 2.05) is 31.2 Å². The molecule has 0 radical (unpaired) electrons. The van der Waals surface area contributed by atoms with Crippen LogP contribution in [0.5, 0.6) is 0 Å². The molecule has 0 bridgehead atoms. The summed E-state index contributed by atoms with van der Waals surface area (Å²) in [5.74, 6) is 0.477. The maximum Gasteiger partial charge on any atom is 0.235 e. The second-order valence-electron chi connectivity index (χ2n) is 6.21. The third-order valence-corrected chi connectivity index (χ3v) is 4.63. The predicted octanol–water partition coefficient (Wildman–Crippen LogP) is 3.48. The molecule has 1 aliphatic rings. The number of hydrogen-bond donors (Lipinski definition) is 3. The van der Waals surface area contributed by atoms with Crippen molar-refractivity contribution in [3.8, 4) is 0 Å². The van der Waals surface area contributed by atoms with Crippen LogP contribution in [-0.4, -0.2) is 17.1 Å². The van der Waals surface area contributed by atoms with Gasteiger partial charge in [0.1, 0.15) is 5.82 Å². The van der Waals surface area contributed by atoms with Gasteiger partial charge in [-0.3, -0.25) is 4.79 Å². The summed E-state index contributed by atoms with van der Waals surface area (Å²) >= 11 is 0. The number of allylic oxidation sites excluding steroid dienone is 1. The van der Waals surface area contributed by atoms with Crippen molar-refractivity contribution in [1.29, 1.82) is 5.41 Å². The Hall–Kier alpha value is -2.95. The van der Waals surface area contributed by atoms with Crippen LogP contribution >= 0.6 is 0 Å². The normalized spacial score (nSPS) is 15.8. The molecule has 4 N–H and O–H groups in total. The number of aromatic nitrogens is 1. The first-order valence-electron chi connectivity index (χ1n) is 7.80. The topological polar surface area (TPSA) is 91.9 Å². The van der Waals surface area contributed by atoms with Crippen LogP contribution in [-0.2, 0) is 4.79 Å². The molecule has 2 aromatic rings. The highest BCUT2D eigenvalue weighted by Crippen LogP contribution is 2.51. The Morgan fingerprint density at radius 2 is 2.12 bits per heavy atom. The van der Waals surface area contributed by atoms with Gasteiger partial charge in [0.25, 0.3) is 0 Å². The molecule has 5 heteroatoms. The van der Waals surface area contributed by atoms with Crippen LogP contribution in [0.1, 0.15) is 25.3 Å². The number of nitrogens with zero attached hydrogens (tertiary/aromatic N) is 1. The summed E-state index contributed by atoms with van der Waals surface area (Å²) in [7, 11) is 0. The summed E-state index contributed by atoms with van der Waals surface area (Å²) in [4.78, 5) is 16.8. The van der Waals surface area contributed by atoms with Gasteiger partial charge in [-0.1, -0.05) is 24.3 Å². The molecule has 1 amide bonds. The van der Waals surface area contributed by atoms with E-state index in [9.17, 15) is 4.79 Å². The summed E-state index contributed by atoms with van der Waals surface area (Å²) in [6.45, 7) is 5.82. The molecule has 1 saturated carbocycles. The molecule has 1 aromatic carbocycles. The summed E-state index contributed by atoms with van der Waals surface area (Å²) in [6.07, 6.45) is 6.04. The van der Waals surface area contributed by atoms with E-state index in [-0.39, 0.29) is 5.91 Å². The van der Waals surface area contributed by atoms with Gasteiger partial charge in [-0.2, -0.15) is 0 Å². The van der Waals surface area contributed by atoms with Crippen LogP contribution in [0.4, 0.5) is 5.82 Å². The Bertz CT molecular complexity index is 878. The average molecular weight is 320 g/mol. The number of carbonyl (C=O) groups excluding carboxylic acids is 1. The maximum absolute atomic E-state index is 12.5. The Morgan fingerprint density at radius 1 is 1.38 bits per heavy atom. The Labute approximate surface area is 140 Å². The van der Waals surface area contributed by atoms with Crippen LogP contribution in [0.25, 0.3) is 16.3 Å². The first-order valence-corrected chi connectivity index (χ1v) is 7.80. The Kier molecular flexibility index (Phi) is 3.93. The molecule has 0 atom stereocenters. The number of hydrogen-bond acceptors (Lipinski definition) is 4. The van der Waals surface area contributed by atoms with Crippen LogP contribution < -0.4 is 11.1 Å². The average Bonchev–Trinajstić information content (AvgIpc) is 3.37. The van der Waals surface area contributed by atoms with E-state index in [4.69, 9.17) is 11.1 Å². The van der Waals surface area contributed by atoms with Crippen molar-refractivity contribution in [2.24, 2.45) is 11.1 Å². The van der Waals surface area contributed by atoms with Crippen molar-refractivity contribution in [3.05, 3.63) is 54.4 Å². The summed E-state index contributed by atoms with van der Waals surface area (Å²) < 4.78 is 0. The van der Waals surface area contributed by atoms with Crippen molar-refractivity contribution in [3.63, 3.8) is 0 Å². The molecule has 5 nitrogen and oxygen atoms in total. The molecular weight excluding hydrogens is 300 g/mol. The fraction of sp³-hybridized carbons (Fsp3) is 0.211. The van der Waals surface area contributed by atoms with E-state index < -0.39 is 5.41 Å². The summed E-state index contributed by atoms with van der Waals surface area (Å²) in [6, 6.07) is 7.59. The SMILES string of the molecule is C=C(C)C1(C(=O)Nc2cc3cc(/C(C=N)=C/N)ccc3cn2)CC1. The number of rotatable bonds is 5. The minimum absolute atomic E-state index is 0.0416. The van der Waals surface area contributed by atoms with Gasteiger partial charge in [-0.15, -0.1) is 0 Å². The van der Waals surface area contributed by atoms with E-state index in [1.165, 1.54) is 12.4 Å². The quantitative estimate of drug-likeness (QED) is 0.582. The van der Waals surface area contributed by atoms with Gasteiger partial charge in [-0.05, 0) is 42.8 Å².